The standard InChI is InChI=1S/C15H18N2O3/c1-2-19-8-9-20-15(18)14-10-16-17(12-14)11-13-6-4-3-5-7-13/h3-7,10,12H,2,8-9,11H2,1H3. The van der Waals surface area contributed by atoms with E-state index in [1.165, 1.54) is 6.20 Å². The van der Waals surface area contributed by atoms with Crippen molar-refractivity contribution in [3.8, 4) is 0 Å². The van der Waals surface area contributed by atoms with E-state index in [-0.39, 0.29) is 12.6 Å². The van der Waals surface area contributed by atoms with E-state index in [9.17, 15) is 4.79 Å². The molecule has 0 spiro atoms. The maximum atomic E-state index is 11.7. The number of nitrogens with zero attached hydrogens (tertiary/aromatic N) is 2. The third-order valence-corrected chi connectivity index (χ3v) is 2.72. The van der Waals surface area contributed by atoms with Gasteiger partial charge in [-0.2, -0.15) is 5.10 Å². The van der Waals surface area contributed by atoms with Gasteiger partial charge in [-0.05, 0) is 12.5 Å². The lowest BCUT2D eigenvalue weighted by molar-refractivity contribution is 0.0335. The number of ether oxygens (including phenoxy) is 2. The van der Waals surface area contributed by atoms with Crippen LogP contribution in [0.25, 0.3) is 0 Å². The van der Waals surface area contributed by atoms with Gasteiger partial charge in [-0.15, -0.1) is 0 Å². The number of carbonyl (C=O) groups excluding carboxylic acids is 1. The molecule has 0 aliphatic heterocycles. The summed E-state index contributed by atoms with van der Waals surface area (Å²) in [4.78, 5) is 11.7. The van der Waals surface area contributed by atoms with Crippen molar-refractivity contribution in [3.63, 3.8) is 0 Å². The molecule has 2 rings (SSSR count). The van der Waals surface area contributed by atoms with Crippen LogP contribution < -0.4 is 0 Å². The molecular weight excluding hydrogens is 256 g/mol. The second-order valence-electron chi connectivity index (χ2n) is 4.25. The van der Waals surface area contributed by atoms with Crippen LogP contribution >= 0.6 is 0 Å². The first kappa shape index (κ1) is 14.3. The first-order chi connectivity index (χ1) is 9.79. The molecule has 0 atom stereocenters. The molecule has 5 heteroatoms. The largest absolute Gasteiger partial charge is 0.460 e. The fraction of sp³-hybridized carbons (Fsp3) is 0.333. The van der Waals surface area contributed by atoms with E-state index in [0.29, 0.717) is 25.3 Å². The summed E-state index contributed by atoms with van der Waals surface area (Å²) in [6, 6.07) is 9.95. The Morgan fingerprint density at radius 1 is 1.25 bits per heavy atom. The fourth-order valence-corrected chi connectivity index (χ4v) is 1.75. The lowest BCUT2D eigenvalue weighted by Crippen LogP contribution is -2.10. The van der Waals surface area contributed by atoms with Crippen molar-refractivity contribution in [3.05, 3.63) is 53.9 Å². The molecule has 2 aromatic rings. The number of benzene rings is 1. The van der Waals surface area contributed by atoms with Crippen molar-refractivity contribution in [2.24, 2.45) is 0 Å². The molecule has 5 nitrogen and oxygen atoms in total. The van der Waals surface area contributed by atoms with Gasteiger partial charge >= 0.3 is 5.97 Å². The van der Waals surface area contributed by atoms with E-state index in [0.717, 1.165) is 5.56 Å². The maximum Gasteiger partial charge on any atom is 0.341 e. The summed E-state index contributed by atoms with van der Waals surface area (Å²) in [6.45, 7) is 3.83. The number of aromatic nitrogens is 2. The molecule has 1 aromatic carbocycles. The van der Waals surface area contributed by atoms with Crippen LogP contribution in [0.3, 0.4) is 0 Å². The second kappa shape index (κ2) is 7.45. The molecule has 106 valence electrons. The van der Waals surface area contributed by atoms with E-state index < -0.39 is 0 Å². The van der Waals surface area contributed by atoms with Gasteiger partial charge in [0.1, 0.15) is 6.61 Å². The van der Waals surface area contributed by atoms with Crippen LogP contribution in [0.4, 0.5) is 0 Å². The summed E-state index contributed by atoms with van der Waals surface area (Å²) in [5.74, 6) is -0.371. The van der Waals surface area contributed by atoms with Crippen molar-refractivity contribution in [2.45, 2.75) is 13.5 Å². The zero-order valence-corrected chi connectivity index (χ0v) is 11.5. The fourth-order valence-electron chi connectivity index (χ4n) is 1.75. The molecule has 0 saturated carbocycles. The first-order valence-electron chi connectivity index (χ1n) is 6.61. The van der Waals surface area contributed by atoms with E-state index >= 15 is 0 Å². The molecule has 0 unspecified atom stereocenters. The normalized spacial score (nSPS) is 10.4. The molecule has 0 saturated heterocycles. The summed E-state index contributed by atoms with van der Waals surface area (Å²) >= 11 is 0. The summed E-state index contributed by atoms with van der Waals surface area (Å²) < 4.78 is 11.9. The van der Waals surface area contributed by atoms with Crippen molar-refractivity contribution >= 4 is 5.97 Å². The van der Waals surface area contributed by atoms with Crippen LogP contribution in [0.1, 0.15) is 22.8 Å². The quantitative estimate of drug-likeness (QED) is 0.573. The highest BCUT2D eigenvalue weighted by molar-refractivity contribution is 5.88. The lowest BCUT2D eigenvalue weighted by Gasteiger charge is -2.03. The monoisotopic (exact) mass is 274 g/mol. The molecule has 1 heterocycles. The number of carbonyl (C=O) groups is 1. The van der Waals surface area contributed by atoms with Gasteiger partial charge in [0.25, 0.3) is 0 Å². The van der Waals surface area contributed by atoms with Crippen molar-refractivity contribution < 1.29 is 14.3 Å². The van der Waals surface area contributed by atoms with Crippen LogP contribution in [-0.2, 0) is 16.0 Å². The van der Waals surface area contributed by atoms with Crippen LogP contribution in [0.15, 0.2) is 42.7 Å². The first-order valence-corrected chi connectivity index (χ1v) is 6.61. The summed E-state index contributed by atoms with van der Waals surface area (Å²) in [5, 5.41) is 4.16. The average Bonchev–Trinajstić information content (AvgIpc) is 2.93. The van der Waals surface area contributed by atoms with Gasteiger partial charge in [0.2, 0.25) is 0 Å². The zero-order valence-electron chi connectivity index (χ0n) is 11.5. The number of esters is 1. The molecule has 0 N–H and O–H groups in total. The molecule has 0 amide bonds. The third-order valence-electron chi connectivity index (χ3n) is 2.72. The Morgan fingerprint density at radius 3 is 2.80 bits per heavy atom. The third kappa shape index (κ3) is 4.20. The van der Waals surface area contributed by atoms with Gasteiger partial charge in [-0.25, -0.2) is 4.79 Å². The molecular formula is C15H18N2O3. The van der Waals surface area contributed by atoms with Gasteiger partial charge in [-0.3, -0.25) is 4.68 Å². The van der Waals surface area contributed by atoms with E-state index in [2.05, 4.69) is 5.10 Å². The SMILES string of the molecule is CCOCCOC(=O)c1cnn(Cc2ccccc2)c1. The van der Waals surface area contributed by atoms with Crippen molar-refractivity contribution in [2.75, 3.05) is 19.8 Å². The zero-order chi connectivity index (χ0) is 14.2. The molecule has 0 radical (unpaired) electrons. The number of rotatable bonds is 7. The molecule has 0 fully saturated rings. The predicted octanol–water partition coefficient (Wildman–Crippen LogP) is 2.12. The van der Waals surface area contributed by atoms with Crippen molar-refractivity contribution in [1.29, 1.82) is 0 Å². The van der Waals surface area contributed by atoms with Gasteiger partial charge < -0.3 is 9.47 Å². The summed E-state index contributed by atoms with van der Waals surface area (Å²) in [6.07, 6.45) is 3.21. The minimum Gasteiger partial charge on any atom is -0.460 e. The highest BCUT2D eigenvalue weighted by atomic mass is 16.6. The molecule has 0 aliphatic carbocycles. The molecule has 1 aromatic heterocycles. The highest BCUT2D eigenvalue weighted by Crippen LogP contribution is 2.05. The summed E-state index contributed by atoms with van der Waals surface area (Å²) in [7, 11) is 0. The van der Waals surface area contributed by atoms with E-state index in [4.69, 9.17) is 9.47 Å². The van der Waals surface area contributed by atoms with E-state index in [1.807, 2.05) is 37.3 Å². The Hall–Kier alpha value is -2.14. The van der Waals surface area contributed by atoms with E-state index in [1.54, 1.807) is 10.9 Å². The van der Waals surface area contributed by atoms with Crippen LogP contribution in [0, 0.1) is 0 Å². The van der Waals surface area contributed by atoms with Crippen LogP contribution in [0.5, 0.6) is 0 Å². The molecule has 0 bridgehead atoms. The summed E-state index contributed by atoms with van der Waals surface area (Å²) in [5.41, 5.74) is 1.59. The van der Waals surface area contributed by atoms with Gasteiger partial charge in [0, 0.05) is 12.8 Å². The molecule has 0 aliphatic rings. The second-order valence-corrected chi connectivity index (χ2v) is 4.25. The Kier molecular flexibility index (Phi) is 5.32. The topological polar surface area (TPSA) is 53.4 Å². The highest BCUT2D eigenvalue weighted by Gasteiger charge is 2.10. The van der Waals surface area contributed by atoms with Gasteiger partial charge in [0.15, 0.2) is 0 Å². The van der Waals surface area contributed by atoms with Crippen molar-refractivity contribution in [1.82, 2.24) is 9.78 Å². The Morgan fingerprint density at radius 2 is 2.05 bits per heavy atom. The minimum absolute atomic E-state index is 0.260. The lowest BCUT2D eigenvalue weighted by atomic mass is 10.2. The Labute approximate surface area is 118 Å². The maximum absolute atomic E-state index is 11.7. The smallest absolute Gasteiger partial charge is 0.341 e. The van der Waals surface area contributed by atoms with Crippen LogP contribution in [0.2, 0.25) is 0 Å². The van der Waals surface area contributed by atoms with Gasteiger partial charge in [-0.1, -0.05) is 30.3 Å². The number of hydrogen-bond donors (Lipinski definition) is 0. The molecule has 20 heavy (non-hydrogen) atoms. The van der Waals surface area contributed by atoms with Crippen LogP contribution in [-0.4, -0.2) is 35.6 Å². The number of hydrogen-bond acceptors (Lipinski definition) is 4. The Balaban J connectivity index is 1.87. The Bertz CT molecular complexity index is 537. The van der Waals surface area contributed by atoms with Gasteiger partial charge in [0.05, 0.1) is 24.9 Å². The average molecular weight is 274 g/mol. The predicted molar refractivity (Wildman–Crippen MR) is 74.5 cm³/mol. The minimum atomic E-state index is -0.371.